The largest absolute Gasteiger partial charge is 0.494 e. The summed E-state index contributed by atoms with van der Waals surface area (Å²) in [5.74, 6) is -2.22. The number of hydrogen-bond acceptors (Lipinski definition) is 7. The highest BCUT2D eigenvalue weighted by Gasteiger charge is 2.35. The highest BCUT2D eigenvalue weighted by Crippen LogP contribution is 2.33. The maximum atomic E-state index is 13.1. The van der Waals surface area contributed by atoms with Crippen LogP contribution in [0, 0.1) is 24.1 Å². The van der Waals surface area contributed by atoms with Crippen LogP contribution in [0.5, 0.6) is 5.88 Å². The molecule has 2 heterocycles. The van der Waals surface area contributed by atoms with Gasteiger partial charge in [0, 0.05) is 6.54 Å². The van der Waals surface area contributed by atoms with Gasteiger partial charge in [-0.05, 0) is 36.3 Å². The Kier molecular flexibility index (Phi) is 6.72. The van der Waals surface area contributed by atoms with E-state index in [4.69, 9.17) is 12.2 Å². The predicted octanol–water partition coefficient (Wildman–Crippen LogP) is 3.14. The van der Waals surface area contributed by atoms with Crippen LogP contribution < -0.4 is 5.56 Å². The summed E-state index contributed by atoms with van der Waals surface area (Å²) in [5.41, 5.74) is -0.657. The first-order chi connectivity index (χ1) is 15.2. The van der Waals surface area contributed by atoms with E-state index in [1.807, 2.05) is 0 Å². The van der Waals surface area contributed by atoms with Crippen molar-refractivity contribution in [3.8, 4) is 11.9 Å². The minimum absolute atomic E-state index is 0.0209. The zero-order chi connectivity index (χ0) is 23.6. The molecule has 1 fully saturated rings. The average molecular weight is 470 g/mol. The molecule has 1 saturated heterocycles. The molecule has 0 radical (unpaired) electrons. The van der Waals surface area contributed by atoms with Crippen LogP contribution in [-0.4, -0.2) is 37.1 Å². The first-order valence-electron chi connectivity index (χ1n) is 9.21. The summed E-state index contributed by atoms with van der Waals surface area (Å²) in [6, 6.07) is 7.27. The molecule has 1 aliphatic rings. The van der Waals surface area contributed by atoms with Crippen molar-refractivity contribution in [1.29, 1.82) is 5.26 Å². The Morgan fingerprint density at radius 1 is 1.34 bits per heavy atom. The second-order valence-electron chi connectivity index (χ2n) is 6.76. The Labute approximate surface area is 192 Å². The van der Waals surface area contributed by atoms with Crippen molar-refractivity contribution in [1.82, 2.24) is 9.47 Å². The lowest BCUT2D eigenvalue weighted by molar-refractivity contribution is -0.121. The molecule has 0 aliphatic carbocycles. The Morgan fingerprint density at radius 3 is 2.59 bits per heavy atom. The van der Waals surface area contributed by atoms with Crippen LogP contribution >= 0.6 is 24.0 Å². The van der Waals surface area contributed by atoms with Gasteiger partial charge in [-0.1, -0.05) is 42.2 Å². The van der Waals surface area contributed by atoms with Crippen molar-refractivity contribution < 1.29 is 19.1 Å². The number of amides is 1. The van der Waals surface area contributed by atoms with Gasteiger partial charge in [-0.25, -0.2) is 4.39 Å². The fraction of sp³-hybridized carbons (Fsp3) is 0.136. The first kappa shape index (κ1) is 23.1. The number of carbonyl (C=O) groups is 2. The fourth-order valence-corrected chi connectivity index (χ4v) is 4.41. The lowest BCUT2D eigenvalue weighted by Gasteiger charge is -2.17. The summed E-state index contributed by atoms with van der Waals surface area (Å²) >= 11 is 6.22. The van der Waals surface area contributed by atoms with E-state index >= 15 is 0 Å². The van der Waals surface area contributed by atoms with Crippen LogP contribution in [-0.2, 0) is 11.3 Å². The molecule has 1 aromatic carbocycles. The Hall–Kier alpha value is -3.55. The van der Waals surface area contributed by atoms with Crippen LogP contribution in [0.1, 0.15) is 27.0 Å². The van der Waals surface area contributed by atoms with E-state index in [-0.39, 0.29) is 32.5 Å². The topological polar surface area (TPSA) is 103 Å². The Morgan fingerprint density at radius 2 is 2.00 bits per heavy atom. The van der Waals surface area contributed by atoms with Crippen molar-refractivity contribution in [3.63, 3.8) is 0 Å². The second kappa shape index (κ2) is 9.30. The molecule has 1 amide bonds. The summed E-state index contributed by atoms with van der Waals surface area (Å²) < 4.78 is 14.1. The molecule has 7 nitrogen and oxygen atoms in total. The predicted molar refractivity (Wildman–Crippen MR) is 123 cm³/mol. The summed E-state index contributed by atoms with van der Waals surface area (Å²) in [4.78, 5) is 39.6. The van der Waals surface area contributed by atoms with Crippen LogP contribution in [0.3, 0.4) is 0 Å². The summed E-state index contributed by atoms with van der Waals surface area (Å²) in [5, 5.41) is 19.9. The number of thiocarbonyl (C=S) groups is 1. The molecule has 32 heavy (non-hydrogen) atoms. The number of nitriles is 1. The molecule has 1 N–H and O–H groups in total. The molecule has 10 heteroatoms. The van der Waals surface area contributed by atoms with E-state index in [0.29, 0.717) is 5.56 Å². The van der Waals surface area contributed by atoms with Crippen LogP contribution in [0.4, 0.5) is 4.39 Å². The van der Waals surface area contributed by atoms with Crippen LogP contribution in [0.25, 0.3) is 6.08 Å². The van der Waals surface area contributed by atoms with Gasteiger partial charge in [0.25, 0.3) is 11.5 Å². The van der Waals surface area contributed by atoms with Gasteiger partial charge in [0.1, 0.15) is 21.8 Å². The first-order valence-corrected chi connectivity index (χ1v) is 10.4. The molecular formula is C22H16FN3O4S2. The third-order valence-electron chi connectivity index (χ3n) is 4.73. The van der Waals surface area contributed by atoms with Crippen molar-refractivity contribution in [2.75, 3.05) is 6.54 Å². The van der Waals surface area contributed by atoms with Crippen molar-refractivity contribution in [2.24, 2.45) is 0 Å². The number of thioether (sulfide) groups is 1. The third-order valence-corrected chi connectivity index (χ3v) is 6.11. The second-order valence-corrected chi connectivity index (χ2v) is 8.43. The summed E-state index contributed by atoms with van der Waals surface area (Å²) in [6.07, 6.45) is 2.87. The molecule has 0 saturated carbocycles. The zero-order valence-electron chi connectivity index (χ0n) is 16.8. The van der Waals surface area contributed by atoms with Crippen molar-refractivity contribution >= 4 is 46.1 Å². The maximum absolute atomic E-state index is 13.1. The number of pyridine rings is 1. The minimum atomic E-state index is -0.744. The Balaban J connectivity index is 1.94. The smallest absolute Gasteiger partial charge is 0.271 e. The number of ketones is 1. The van der Waals surface area contributed by atoms with Gasteiger partial charge in [-0.3, -0.25) is 23.9 Å². The summed E-state index contributed by atoms with van der Waals surface area (Å²) in [6.45, 7) is 4.28. The van der Waals surface area contributed by atoms with Crippen LogP contribution in [0.2, 0.25) is 0 Å². The number of aromatic nitrogens is 1. The maximum Gasteiger partial charge on any atom is 0.271 e. The van der Waals surface area contributed by atoms with Gasteiger partial charge in [0.2, 0.25) is 5.88 Å². The number of allylic oxidation sites excluding steroid dienone is 1. The number of hydrogen-bond donors (Lipinski definition) is 1. The number of aromatic hydroxyl groups is 1. The average Bonchev–Trinajstić information content (AvgIpc) is 3.00. The zero-order valence-corrected chi connectivity index (χ0v) is 18.4. The number of carbonyl (C=O) groups excluding carboxylic acids is 2. The molecule has 1 aromatic heterocycles. The lowest BCUT2D eigenvalue weighted by atomic mass is 10.0. The standard InChI is InChI=1S/C22H16FN3O4S2/c1-3-8-25-19(28)15(10-24)12(2)18(21(25)30)16(27)11-26-20(29)17(32-22(26)31)9-13-4-6-14(23)7-5-13/h3-7,9,30H,1,8,11H2,2H3/b17-9-. The molecule has 0 unspecified atom stereocenters. The molecule has 0 spiro atoms. The number of rotatable bonds is 6. The van der Waals surface area contributed by atoms with E-state index in [0.717, 1.165) is 21.2 Å². The highest BCUT2D eigenvalue weighted by molar-refractivity contribution is 8.26. The number of benzene rings is 1. The fourth-order valence-electron chi connectivity index (χ4n) is 3.15. The van der Waals surface area contributed by atoms with Gasteiger partial charge in [-0.2, -0.15) is 5.26 Å². The monoisotopic (exact) mass is 469 g/mol. The summed E-state index contributed by atoms with van der Waals surface area (Å²) in [7, 11) is 0. The molecule has 162 valence electrons. The van der Waals surface area contributed by atoms with E-state index in [9.17, 15) is 29.1 Å². The number of nitrogens with zero attached hydrogens (tertiary/aromatic N) is 3. The normalized spacial score (nSPS) is 14.7. The number of halogens is 1. The SMILES string of the molecule is C=CCn1c(O)c(C(=O)CN2C(=O)/C(=C/c3ccc(F)cc3)SC2=S)c(C)c(C#N)c1=O. The lowest BCUT2D eigenvalue weighted by Crippen LogP contribution is -2.35. The molecule has 3 rings (SSSR count). The van der Waals surface area contributed by atoms with Gasteiger partial charge >= 0.3 is 0 Å². The minimum Gasteiger partial charge on any atom is -0.494 e. The molecule has 0 bridgehead atoms. The third kappa shape index (κ3) is 4.26. The van der Waals surface area contributed by atoms with Gasteiger partial charge in [-0.15, -0.1) is 6.58 Å². The Bertz CT molecular complexity index is 1290. The van der Waals surface area contributed by atoms with Gasteiger partial charge in [0.05, 0.1) is 17.0 Å². The van der Waals surface area contributed by atoms with E-state index in [1.165, 1.54) is 43.3 Å². The highest BCUT2D eigenvalue weighted by atomic mass is 32.2. The van der Waals surface area contributed by atoms with Crippen molar-refractivity contribution in [3.05, 3.63) is 80.3 Å². The van der Waals surface area contributed by atoms with E-state index in [2.05, 4.69) is 6.58 Å². The molecule has 1 aliphatic heterocycles. The van der Waals surface area contributed by atoms with Gasteiger partial charge in [0.15, 0.2) is 5.78 Å². The molecule has 0 atom stereocenters. The van der Waals surface area contributed by atoms with Crippen molar-refractivity contribution in [2.45, 2.75) is 13.5 Å². The van der Waals surface area contributed by atoms with E-state index in [1.54, 1.807) is 6.07 Å². The number of Topliss-reactive ketones (excluding diaryl/α,β-unsaturated/α-hetero) is 1. The van der Waals surface area contributed by atoms with Crippen LogP contribution in [0.15, 0.2) is 46.6 Å². The van der Waals surface area contributed by atoms with Gasteiger partial charge < -0.3 is 5.11 Å². The molecule has 2 aromatic rings. The van der Waals surface area contributed by atoms with E-state index < -0.39 is 35.5 Å². The molecular weight excluding hydrogens is 453 g/mol. The quantitative estimate of drug-likeness (QED) is 0.300.